The second-order valence-electron chi connectivity index (χ2n) is 24.5. The first-order valence-electron chi connectivity index (χ1n) is 33.1. The molecular formula is C67H130O6. The molecule has 0 heterocycles. The largest absolute Gasteiger partial charge is 0.462 e. The lowest BCUT2D eigenvalue weighted by molar-refractivity contribution is -0.167. The van der Waals surface area contributed by atoms with Crippen molar-refractivity contribution < 1.29 is 28.6 Å². The topological polar surface area (TPSA) is 78.9 Å². The van der Waals surface area contributed by atoms with Gasteiger partial charge in [0.25, 0.3) is 0 Å². The molecule has 6 heteroatoms. The minimum Gasteiger partial charge on any atom is -0.462 e. The molecular weight excluding hydrogens is 901 g/mol. The van der Waals surface area contributed by atoms with Gasteiger partial charge in [0, 0.05) is 19.3 Å². The van der Waals surface area contributed by atoms with Crippen molar-refractivity contribution in [1.82, 2.24) is 0 Å². The summed E-state index contributed by atoms with van der Waals surface area (Å²) in [6.07, 6.45) is 64.0. The van der Waals surface area contributed by atoms with Crippen molar-refractivity contribution in [2.75, 3.05) is 13.2 Å². The average Bonchev–Trinajstić information content (AvgIpc) is 3.35. The first-order valence-corrected chi connectivity index (χ1v) is 33.1. The Labute approximate surface area is 457 Å². The molecule has 0 fully saturated rings. The molecule has 0 rings (SSSR count). The highest BCUT2D eigenvalue weighted by molar-refractivity contribution is 5.71. The summed E-state index contributed by atoms with van der Waals surface area (Å²) in [6.45, 7) is 13.8. The van der Waals surface area contributed by atoms with Gasteiger partial charge in [-0.05, 0) is 37.0 Å². The van der Waals surface area contributed by atoms with Gasteiger partial charge in [-0.1, -0.05) is 337 Å². The van der Waals surface area contributed by atoms with Gasteiger partial charge in [0.2, 0.25) is 0 Å². The fourth-order valence-electron chi connectivity index (χ4n) is 10.4. The van der Waals surface area contributed by atoms with E-state index < -0.39 is 6.10 Å². The summed E-state index contributed by atoms with van der Waals surface area (Å²) < 4.78 is 17.0. The van der Waals surface area contributed by atoms with Crippen molar-refractivity contribution in [3.05, 3.63) is 0 Å². The van der Waals surface area contributed by atoms with E-state index in [4.69, 9.17) is 14.2 Å². The predicted octanol–water partition coefficient (Wildman–Crippen LogP) is 22.2. The molecule has 0 saturated carbocycles. The smallest absolute Gasteiger partial charge is 0.306 e. The van der Waals surface area contributed by atoms with Gasteiger partial charge in [0.1, 0.15) is 13.2 Å². The SMILES string of the molecule is CC(C)CCCCCCCCCCCCCCCCCCCCC(=O)OC[C@@H](COC(=O)CCCCCCCCCCCCC(C)C)OC(=O)CCCCCCCCCCCCCCCCCCCCC(C)C. The molecule has 1 atom stereocenters. The fourth-order valence-corrected chi connectivity index (χ4v) is 10.4. The molecule has 0 aromatic carbocycles. The van der Waals surface area contributed by atoms with Crippen LogP contribution in [0.5, 0.6) is 0 Å². The molecule has 0 aliphatic heterocycles. The number of carbonyl (C=O) groups is 3. The van der Waals surface area contributed by atoms with Crippen molar-refractivity contribution in [2.24, 2.45) is 17.8 Å². The Bertz CT molecular complexity index is 1130. The Hall–Kier alpha value is -1.59. The summed E-state index contributed by atoms with van der Waals surface area (Å²) in [6, 6.07) is 0. The van der Waals surface area contributed by atoms with E-state index >= 15 is 0 Å². The van der Waals surface area contributed by atoms with Crippen molar-refractivity contribution in [1.29, 1.82) is 0 Å². The molecule has 0 saturated heterocycles. The van der Waals surface area contributed by atoms with Crippen LogP contribution in [0.4, 0.5) is 0 Å². The summed E-state index contributed by atoms with van der Waals surface area (Å²) in [4.78, 5) is 38.3. The van der Waals surface area contributed by atoms with Crippen molar-refractivity contribution in [2.45, 2.75) is 382 Å². The quantitative estimate of drug-likeness (QED) is 0.0343. The third-order valence-corrected chi connectivity index (χ3v) is 15.4. The monoisotopic (exact) mass is 1030 g/mol. The highest BCUT2D eigenvalue weighted by atomic mass is 16.6. The summed E-state index contributed by atoms with van der Waals surface area (Å²) >= 11 is 0. The van der Waals surface area contributed by atoms with Crippen LogP contribution in [0.3, 0.4) is 0 Å². The first kappa shape index (κ1) is 71.4. The Morgan fingerprint density at radius 3 is 0.589 bits per heavy atom. The van der Waals surface area contributed by atoms with Gasteiger partial charge in [0.05, 0.1) is 0 Å². The maximum Gasteiger partial charge on any atom is 0.306 e. The summed E-state index contributed by atoms with van der Waals surface area (Å²) in [5.41, 5.74) is 0. The number of carbonyl (C=O) groups excluding carboxylic acids is 3. The number of esters is 3. The highest BCUT2D eigenvalue weighted by Crippen LogP contribution is 2.19. The standard InChI is InChI=1S/C67H130O6/c1-61(2)53-47-41-35-29-23-19-15-11-7-9-13-17-21-25-32-38-44-50-56-65(68)71-59-64(60-72-66(69)57-51-45-39-33-28-27-31-37-43-49-55-63(5)6)73-67(70)58-52-46-40-34-26-22-18-14-10-8-12-16-20-24-30-36-42-48-54-62(3)4/h61-64H,7-60H2,1-6H3/t64-/m0/s1. The molecule has 0 aromatic rings. The Balaban J connectivity index is 4.24. The van der Waals surface area contributed by atoms with Gasteiger partial charge in [-0.3, -0.25) is 14.4 Å². The van der Waals surface area contributed by atoms with E-state index in [2.05, 4.69) is 41.5 Å². The van der Waals surface area contributed by atoms with Crippen LogP contribution in [0, 0.1) is 17.8 Å². The second-order valence-corrected chi connectivity index (χ2v) is 24.5. The van der Waals surface area contributed by atoms with Crippen LogP contribution >= 0.6 is 0 Å². The van der Waals surface area contributed by atoms with Crippen LogP contribution in [-0.2, 0) is 28.6 Å². The zero-order valence-electron chi connectivity index (χ0n) is 50.4. The minimum absolute atomic E-state index is 0.0625. The Morgan fingerprint density at radius 2 is 0.397 bits per heavy atom. The maximum absolute atomic E-state index is 12.9. The van der Waals surface area contributed by atoms with Crippen LogP contribution in [0.2, 0.25) is 0 Å². The van der Waals surface area contributed by atoms with Gasteiger partial charge in [-0.2, -0.15) is 0 Å². The summed E-state index contributed by atoms with van der Waals surface area (Å²) in [5.74, 6) is 1.70. The predicted molar refractivity (Wildman–Crippen MR) is 316 cm³/mol. The maximum atomic E-state index is 12.9. The Kier molecular flexibility index (Phi) is 56.8. The number of rotatable bonds is 60. The summed E-state index contributed by atoms with van der Waals surface area (Å²) in [5, 5.41) is 0. The molecule has 0 N–H and O–H groups in total. The normalized spacial score (nSPS) is 12.1. The van der Waals surface area contributed by atoms with E-state index in [1.807, 2.05) is 0 Å². The molecule has 0 unspecified atom stereocenters. The molecule has 0 amide bonds. The van der Waals surface area contributed by atoms with Gasteiger partial charge in [-0.15, -0.1) is 0 Å². The van der Waals surface area contributed by atoms with Crippen LogP contribution in [0.25, 0.3) is 0 Å². The van der Waals surface area contributed by atoms with E-state index in [1.54, 1.807) is 0 Å². The van der Waals surface area contributed by atoms with Crippen LogP contribution in [0.15, 0.2) is 0 Å². The van der Waals surface area contributed by atoms with Gasteiger partial charge < -0.3 is 14.2 Å². The molecule has 6 nitrogen and oxygen atoms in total. The fraction of sp³-hybridized carbons (Fsp3) is 0.955. The van der Waals surface area contributed by atoms with Crippen molar-refractivity contribution >= 4 is 17.9 Å². The van der Waals surface area contributed by atoms with E-state index in [9.17, 15) is 14.4 Å². The molecule has 0 aliphatic rings. The lowest BCUT2D eigenvalue weighted by Gasteiger charge is -2.18. The zero-order valence-corrected chi connectivity index (χ0v) is 50.4. The minimum atomic E-state index is -0.765. The lowest BCUT2D eigenvalue weighted by atomic mass is 10.0. The van der Waals surface area contributed by atoms with Crippen LogP contribution < -0.4 is 0 Å². The molecule has 0 bridgehead atoms. The molecule has 0 spiro atoms. The number of unbranched alkanes of at least 4 members (excludes halogenated alkanes) is 43. The number of hydrogen-bond acceptors (Lipinski definition) is 6. The van der Waals surface area contributed by atoms with Crippen LogP contribution in [0.1, 0.15) is 375 Å². The molecule has 0 aliphatic carbocycles. The van der Waals surface area contributed by atoms with E-state index in [-0.39, 0.29) is 31.1 Å². The molecule has 0 radical (unpaired) electrons. The third-order valence-electron chi connectivity index (χ3n) is 15.4. The van der Waals surface area contributed by atoms with Gasteiger partial charge >= 0.3 is 17.9 Å². The number of hydrogen-bond donors (Lipinski definition) is 0. The van der Waals surface area contributed by atoms with Crippen molar-refractivity contribution in [3.63, 3.8) is 0 Å². The van der Waals surface area contributed by atoms with E-state index in [0.717, 1.165) is 75.5 Å². The van der Waals surface area contributed by atoms with Crippen molar-refractivity contribution in [3.8, 4) is 0 Å². The third kappa shape index (κ3) is 61.1. The molecule has 73 heavy (non-hydrogen) atoms. The van der Waals surface area contributed by atoms with E-state index in [1.165, 1.54) is 257 Å². The van der Waals surface area contributed by atoms with Gasteiger partial charge in [-0.25, -0.2) is 0 Å². The van der Waals surface area contributed by atoms with Gasteiger partial charge in [0.15, 0.2) is 6.10 Å². The Morgan fingerprint density at radius 1 is 0.233 bits per heavy atom. The number of ether oxygens (including phenoxy) is 3. The molecule has 434 valence electrons. The first-order chi connectivity index (χ1) is 35.6. The average molecular weight is 1030 g/mol. The second kappa shape index (κ2) is 58.1. The summed E-state index contributed by atoms with van der Waals surface area (Å²) in [7, 11) is 0. The lowest BCUT2D eigenvalue weighted by Crippen LogP contribution is -2.30. The zero-order chi connectivity index (χ0) is 53.3. The van der Waals surface area contributed by atoms with Crippen LogP contribution in [-0.4, -0.2) is 37.2 Å². The van der Waals surface area contributed by atoms with E-state index in [0.29, 0.717) is 19.3 Å². The highest BCUT2D eigenvalue weighted by Gasteiger charge is 2.19. The molecule has 0 aromatic heterocycles.